The number of methoxy groups -OCH3 is 1. The van der Waals surface area contributed by atoms with Gasteiger partial charge in [0.2, 0.25) is 0 Å². The van der Waals surface area contributed by atoms with E-state index in [-0.39, 0.29) is 16.4 Å². The quantitative estimate of drug-likeness (QED) is 0.129. The molecule has 1 saturated carbocycles. The van der Waals surface area contributed by atoms with Gasteiger partial charge in [-0.15, -0.1) is 0 Å². The van der Waals surface area contributed by atoms with Crippen molar-refractivity contribution in [2.75, 3.05) is 14.2 Å². The molecule has 230 valence electrons. The number of nitrogens with zero attached hydrogens (tertiary/aromatic N) is 1. The molecule has 1 unspecified atom stereocenters. The van der Waals surface area contributed by atoms with Crippen LogP contribution in [-0.4, -0.2) is 26.0 Å². The molecule has 2 rings (SSSR count). The number of aliphatic imine (C=N–C) groups is 1. The minimum Gasteiger partial charge on any atom is -0.496 e. The fraction of sp³-hybridized carbons (Fsp3) is 0.686. The lowest BCUT2D eigenvalue weighted by molar-refractivity contribution is -0.145. The summed E-state index contributed by atoms with van der Waals surface area (Å²) < 4.78 is 39.4. The second kappa shape index (κ2) is 16.3. The van der Waals surface area contributed by atoms with Crippen LogP contribution < -0.4 is 4.74 Å². The van der Waals surface area contributed by atoms with E-state index in [2.05, 4.69) is 59.7 Å². The predicted molar refractivity (Wildman–Crippen MR) is 170 cm³/mol. The Kier molecular flexibility index (Phi) is 15.4. The number of aryl methyl sites for hydroxylation is 1. The molecule has 1 aliphatic rings. The molecule has 1 aliphatic carbocycles. The zero-order chi connectivity index (χ0) is 31.4. The minimum absolute atomic E-state index is 0.00602. The largest absolute Gasteiger partial charge is 0.496 e. The first kappa shape index (κ1) is 37.8. The number of alkyl halides is 2. The number of hydrogen-bond donors (Lipinski definition) is 0. The van der Waals surface area contributed by atoms with Gasteiger partial charge in [-0.3, -0.25) is 4.99 Å². The van der Waals surface area contributed by atoms with Crippen molar-refractivity contribution in [1.82, 2.24) is 0 Å². The van der Waals surface area contributed by atoms with E-state index >= 15 is 0 Å². The van der Waals surface area contributed by atoms with E-state index in [1.54, 1.807) is 21.1 Å². The van der Waals surface area contributed by atoms with Crippen molar-refractivity contribution in [2.24, 2.45) is 27.2 Å². The van der Waals surface area contributed by atoms with Gasteiger partial charge < -0.3 is 9.47 Å². The maximum absolute atomic E-state index is 14.4. The van der Waals surface area contributed by atoms with Gasteiger partial charge in [0, 0.05) is 24.8 Å². The van der Waals surface area contributed by atoms with Gasteiger partial charge in [0.1, 0.15) is 11.5 Å². The average Bonchev–Trinajstić information content (AvgIpc) is 2.84. The molecule has 1 aromatic rings. The van der Waals surface area contributed by atoms with Crippen molar-refractivity contribution in [3.05, 3.63) is 54.3 Å². The molecule has 0 spiro atoms. The lowest BCUT2D eigenvalue weighted by Crippen LogP contribution is -2.50. The highest BCUT2D eigenvalue weighted by Gasteiger charge is 2.57. The SMILES string of the molecule is C=C(C)C(F)(F)C1(C)CC(C)(C)CC(C)(C)C1.C=C(OC(CC)=NC)C(C)CCCC.COc1ccccc1C. The molecule has 3 nitrogen and oxygen atoms in total. The van der Waals surface area contributed by atoms with E-state index in [4.69, 9.17) is 9.47 Å². The maximum atomic E-state index is 14.4. The summed E-state index contributed by atoms with van der Waals surface area (Å²) in [4.78, 5) is 4.04. The number of ether oxygens (including phenoxy) is 2. The number of halogens is 2. The first-order valence-electron chi connectivity index (χ1n) is 14.8. The van der Waals surface area contributed by atoms with Crippen LogP contribution in [0.1, 0.15) is 113 Å². The van der Waals surface area contributed by atoms with Crippen LogP contribution in [-0.2, 0) is 4.74 Å². The van der Waals surface area contributed by atoms with Crippen molar-refractivity contribution < 1.29 is 18.3 Å². The lowest BCUT2D eigenvalue weighted by atomic mass is 9.53. The monoisotopic (exact) mass is 563 g/mol. The summed E-state index contributed by atoms with van der Waals surface area (Å²) in [5.74, 6) is 0.233. The molecule has 0 amide bonds. The molecule has 0 bridgehead atoms. The zero-order valence-electron chi connectivity index (χ0n) is 27.8. The first-order chi connectivity index (χ1) is 18.3. The summed E-state index contributed by atoms with van der Waals surface area (Å²) >= 11 is 0. The second-order valence-electron chi connectivity index (χ2n) is 13.3. The fourth-order valence-corrected chi connectivity index (χ4v) is 6.32. The van der Waals surface area contributed by atoms with Crippen LogP contribution in [0.15, 0.2) is 53.7 Å². The highest BCUT2D eigenvalue weighted by Crippen LogP contribution is 2.60. The van der Waals surface area contributed by atoms with Crippen molar-refractivity contribution in [2.45, 2.75) is 120 Å². The fourth-order valence-electron chi connectivity index (χ4n) is 6.32. The second-order valence-corrected chi connectivity index (χ2v) is 13.3. The summed E-state index contributed by atoms with van der Waals surface area (Å²) in [5.41, 5.74) is 0.142. The van der Waals surface area contributed by atoms with E-state index in [1.165, 1.54) is 25.3 Å². The lowest BCUT2D eigenvalue weighted by Gasteiger charge is -2.53. The number of hydrogen-bond acceptors (Lipinski definition) is 3. The summed E-state index contributed by atoms with van der Waals surface area (Å²) in [6.45, 7) is 27.4. The molecule has 1 aromatic carbocycles. The highest BCUT2D eigenvalue weighted by atomic mass is 19.3. The van der Waals surface area contributed by atoms with Gasteiger partial charge in [0.15, 0.2) is 5.90 Å². The van der Waals surface area contributed by atoms with Crippen LogP contribution in [0.2, 0.25) is 0 Å². The van der Waals surface area contributed by atoms with E-state index < -0.39 is 11.3 Å². The minimum atomic E-state index is -2.78. The molecule has 5 heteroatoms. The third kappa shape index (κ3) is 12.1. The predicted octanol–water partition coefficient (Wildman–Crippen LogP) is 11.2. The number of allylic oxidation sites excluding steroid dienone is 2. The average molecular weight is 564 g/mol. The van der Waals surface area contributed by atoms with E-state index in [9.17, 15) is 8.78 Å². The molecule has 40 heavy (non-hydrogen) atoms. The van der Waals surface area contributed by atoms with E-state index in [1.807, 2.05) is 38.1 Å². The van der Waals surface area contributed by atoms with Crippen molar-refractivity contribution in [3.8, 4) is 5.75 Å². The molecular formula is C35H59F2NO2. The third-order valence-electron chi connectivity index (χ3n) is 7.64. The van der Waals surface area contributed by atoms with Crippen molar-refractivity contribution >= 4 is 5.90 Å². The molecule has 0 heterocycles. The summed E-state index contributed by atoms with van der Waals surface area (Å²) in [5, 5.41) is 0. The van der Waals surface area contributed by atoms with Crippen LogP contribution >= 0.6 is 0 Å². The normalized spacial score (nSPS) is 18.2. The van der Waals surface area contributed by atoms with Crippen LogP contribution in [0.4, 0.5) is 8.78 Å². The van der Waals surface area contributed by atoms with Gasteiger partial charge in [-0.05, 0) is 67.6 Å². The Balaban J connectivity index is 0.000000596. The van der Waals surface area contributed by atoms with Crippen LogP contribution in [0, 0.1) is 29.1 Å². The molecule has 1 fully saturated rings. The Morgan fingerprint density at radius 3 is 1.93 bits per heavy atom. The highest BCUT2D eigenvalue weighted by molar-refractivity contribution is 5.76. The number of unbranched alkanes of at least 4 members (excludes halogenated alkanes) is 1. The molecule has 0 N–H and O–H groups in total. The molecule has 0 saturated heterocycles. The molecule has 1 atom stereocenters. The Morgan fingerprint density at radius 1 is 1.02 bits per heavy atom. The van der Waals surface area contributed by atoms with Gasteiger partial charge in [0.05, 0.1) is 7.11 Å². The maximum Gasteiger partial charge on any atom is 0.274 e. The van der Waals surface area contributed by atoms with Crippen LogP contribution in [0.25, 0.3) is 0 Å². The number of benzene rings is 1. The van der Waals surface area contributed by atoms with Crippen LogP contribution in [0.3, 0.4) is 0 Å². The Hall–Kier alpha value is -2.17. The van der Waals surface area contributed by atoms with Crippen LogP contribution in [0.5, 0.6) is 5.75 Å². The Morgan fingerprint density at radius 2 is 1.55 bits per heavy atom. The smallest absolute Gasteiger partial charge is 0.274 e. The van der Waals surface area contributed by atoms with Crippen molar-refractivity contribution in [3.63, 3.8) is 0 Å². The van der Waals surface area contributed by atoms with Gasteiger partial charge >= 0.3 is 0 Å². The van der Waals surface area contributed by atoms with Gasteiger partial charge in [-0.25, -0.2) is 8.78 Å². The van der Waals surface area contributed by atoms with Gasteiger partial charge in [0.25, 0.3) is 5.92 Å². The first-order valence-corrected chi connectivity index (χ1v) is 14.8. The molecule has 0 aliphatic heterocycles. The third-order valence-corrected chi connectivity index (χ3v) is 7.64. The summed E-state index contributed by atoms with van der Waals surface area (Å²) in [6.07, 6.45) is 6.55. The van der Waals surface area contributed by atoms with Crippen molar-refractivity contribution in [1.29, 1.82) is 0 Å². The standard InChI is InChI=1S/C15H26F2.C12H23NO.C8H10O/c1-11(2)15(16,17)14(7)9-12(3,4)8-13(5,6)10-14;1-6-8-9-10(3)11(4)14-12(7-2)13-5;1-7-5-3-4-6-8(7)9-2/h1,8-10H2,2-7H3;10H,4,6-9H2,1-3,5H3;3-6H,1-2H3. The molecule has 0 radical (unpaired) electrons. The summed E-state index contributed by atoms with van der Waals surface area (Å²) in [6, 6.07) is 7.94. The van der Waals surface area contributed by atoms with Gasteiger partial charge in [-0.2, -0.15) is 0 Å². The topological polar surface area (TPSA) is 30.8 Å². The summed E-state index contributed by atoms with van der Waals surface area (Å²) in [7, 11) is 3.44. The van der Waals surface area contributed by atoms with E-state index in [0.717, 1.165) is 36.7 Å². The van der Waals surface area contributed by atoms with E-state index in [0.29, 0.717) is 18.8 Å². The number of rotatable bonds is 9. The molecular weight excluding hydrogens is 504 g/mol. The Labute approximate surface area is 245 Å². The molecule has 0 aromatic heterocycles. The zero-order valence-corrected chi connectivity index (χ0v) is 27.8. The van der Waals surface area contributed by atoms with Gasteiger partial charge in [-0.1, -0.05) is 99.6 Å². The Bertz CT molecular complexity index is 946. The number of para-hydroxylation sites is 1.